The van der Waals surface area contributed by atoms with Gasteiger partial charge in [-0.15, -0.1) is 0 Å². The molecule has 0 aromatic heterocycles. The van der Waals surface area contributed by atoms with Gasteiger partial charge in [0.15, 0.2) is 0 Å². The summed E-state index contributed by atoms with van der Waals surface area (Å²) in [5.74, 6) is 0. The molecule has 0 saturated heterocycles. The van der Waals surface area contributed by atoms with Crippen LogP contribution in [0.15, 0.2) is 35.5 Å². The van der Waals surface area contributed by atoms with E-state index in [1.54, 1.807) is 0 Å². The van der Waals surface area contributed by atoms with Crippen LogP contribution in [0.3, 0.4) is 0 Å². The Morgan fingerprint density at radius 1 is 0.568 bits per heavy atom. The van der Waals surface area contributed by atoms with Crippen molar-refractivity contribution in [1.29, 1.82) is 0 Å². The quantitative estimate of drug-likeness (QED) is 0.394. The molecule has 2 fully saturated rings. The van der Waals surface area contributed by atoms with Gasteiger partial charge in [0.2, 0.25) is 0 Å². The smallest absolute Gasteiger partial charge is 1.00 e. The predicted molar refractivity (Wildman–Crippen MR) is 149 cm³/mol. The second-order valence-electron chi connectivity index (χ2n) is 14.5. The van der Waals surface area contributed by atoms with E-state index in [9.17, 15) is 0 Å². The van der Waals surface area contributed by atoms with Gasteiger partial charge in [0, 0.05) is 0 Å². The SMILES string of the molecule is CC1=[C-]C(C)(C2(C(C)(C)C)CCCCC2)C=C1.CC1=[C-]C(C)(C2(C(C)(C)C)CCCCC2)C=C1.[Cl-].[Cl-].[Zr+4]. The van der Waals surface area contributed by atoms with Crippen molar-refractivity contribution in [2.24, 2.45) is 32.5 Å². The van der Waals surface area contributed by atoms with Crippen LogP contribution in [0.1, 0.15) is 133 Å². The van der Waals surface area contributed by atoms with Crippen LogP contribution in [-0.2, 0) is 26.2 Å². The summed E-state index contributed by atoms with van der Waals surface area (Å²) in [6.45, 7) is 23.7. The van der Waals surface area contributed by atoms with Crippen LogP contribution in [0.25, 0.3) is 0 Å². The van der Waals surface area contributed by atoms with Crippen molar-refractivity contribution in [3.8, 4) is 0 Å². The fraction of sp³-hybridized carbons (Fsp3) is 0.765. The summed E-state index contributed by atoms with van der Waals surface area (Å²) >= 11 is 0. The third-order valence-corrected chi connectivity index (χ3v) is 10.5. The van der Waals surface area contributed by atoms with Crippen molar-refractivity contribution in [2.75, 3.05) is 0 Å². The molecule has 4 rings (SSSR count). The Morgan fingerprint density at radius 2 is 0.838 bits per heavy atom. The van der Waals surface area contributed by atoms with Crippen LogP contribution in [0.5, 0.6) is 0 Å². The van der Waals surface area contributed by atoms with Crippen LogP contribution >= 0.6 is 0 Å². The molecule has 0 nitrogen and oxygen atoms in total. The minimum Gasteiger partial charge on any atom is -1.00 e. The Bertz CT molecular complexity index is 779. The topological polar surface area (TPSA) is 0 Å². The molecule has 0 spiro atoms. The predicted octanol–water partition coefficient (Wildman–Crippen LogP) is 4.62. The molecule has 4 aliphatic carbocycles. The second-order valence-corrected chi connectivity index (χ2v) is 14.5. The van der Waals surface area contributed by atoms with Gasteiger partial charge in [0.1, 0.15) is 0 Å². The first-order valence-corrected chi connectivity index (χ1v) is 14.2. The molecular formula is C34H54Cl2Zr. The molecule has 4 aliphatic rings. The van der Waals surface area contributed by atoms with Crippen LogP contribution in [-0.4, -0.2) is 0 Å². The van der Waals surface area contributed by atoms with Gasteiger partial charge in [-0.2, -0.15) is 12.2 Å². The average Bonchev–Trinajstić information content (AvgIpc) is 3.30. The van der Waals surface area contributed by atoms with E-state index in [4.69, 9.17) is 0 Å². The van der Waals surface area contributed by atoms with E-state index in [1.807, 2.05) is 0 Å². The van der Waals surface area contributed by atoms with E-state index in [0.717, 1.165) is 0 Å². The zero-order valence-corrected chi connectivity index (χ0v) is 29.6. The molecule has 0 amide bonds. The number of hydrogen-bond acceptors (Lipinski definition) is 0. The van der Waals surface area contributed by atoms with Crippen LogP contribution < -0.4 is 24.8 Å². The Hall–Kier alpha value is 0.423. The zero-order valence-electron chi connectivity index (χ0n) is 25.6. The first kappa shape index (κ1) is 37.4. The summed E-state index contributed by atoms with van der Waals surface area (Å²) < 4.78 is 0. The van der Waals surface area contributed by atoms with Gasteiger partial charge in [-0.3, -0.25) is 12.2 Å². The summed E-state index contributed by atoms with van der Waals surface area (Å²) in [6.07, 6.45) is 30.7. The molecule has 0 radical (unpaired) electrons. The van der Waals surface area contributed by atoms with E-state index >= 15 is 0 Å². The molecular weight excluding hydrogens is 571 g/mol. The van der Waals surface area contributed by atoms with Crippen LogP contribution in [0.4, 0.5) is 0 Å². The molecule has 0 aromatic carbocycles. The molecule has 2 saturated carbocycles. The van der Waals surface area contributed by atoms with E-state index < -0.39 is 0 Å². The monoisotopic (exact) mass is 622 g/mol. The van der Waals surface area contributed by atoms with Crippen LogP contribution in [0, 0.1) is 44.6 Å². The summed E-state index contributed by atoms with van der Waals surface area (Å²) in [4.78, 5) is 0. The fourth-order valence-corrected chi connectivity index (χ4v) is 8.53. The van der Waals surface area contributed by atoms with E-state index in [1.165, 1.54) is 75.4 Å². The van der Waals surface area contributed by atoms with Gasteiger partial charge in [0.25, 0.3) is 0 Å². The van der Waals surface area contributed by atoms with Crippen molar-refractivity contribution >= 4 is 0 Å². The minimum atomic E-state index is 0. The average molecular weight is 625 g/mol. The number of allylic oxidation sites excluding steroid dienone is 8. The van der Waals surface area contributed by atoms with Crippen LogP contribution in [0.2, 0.25) is 0 Å². The van der Waals surface area contributed by atoms with E-state index in [2.05, 4.69) is 106 Å². The van der Waals surface area contributed by atoms with Crippen molar-refractivity contribution in [1.82, 2.24) is 0 Å². The minimum absolute atomic E-state index is 0. The van der Waals surface area contributed by atoms with Gasteiger partial charge >= 0.3 is 26.2 Å². The van der Waals surface area contributed by atoms with Crippen molar-refractivity contribution in [2.45, 2.75) is 133 Å². The van der Waals surface area contributed by atoms with Crippen molar-refractivity contribution in [3.63, 3.8) is 0 Å². The maximum Gasteiger partial charge on any atom is 4.00 e. The third-order valence-electron chi connectivity index (χ3n) is 10.5. The van der Waals surface area contributed by atoms with Crippen molar-refractivity contribution < 1.29 is 51.0 Å². The molecule has 2 atom stereocenters. The fourth-order valence-electron chi connectivity index (χ4n) is 8.53. The Balaban J connectivity index is 0.000000648. The molecule has 0 bridgehead atoms. The Morgan fingerprint density at radius 3 is 1.03 bits per heavy atom. The molecule has 0 aliphatic heterocycles. The van der Waals surface area contributed by atoms with Gasteiger partial charge < -0.3 is 24.8 Å². The van der Waals surface area contributed by atoms with Crippen molar-refractivity contribution in [3.05, 3.63) is 47.6 Å². The maximum absolute atomic E-state index is 3.75. The molecule has 3 heteroatoms. The van der Waals surface area contributed by atoms with Gasteiger partial charge in [-0.1, -0.05) is 119 Å². The summed E-state index contributed by atoms with van der Waals surface area (Å²) in [6, 6.07) is 0. The number of hydrogen-bond donors (Lipinski definition) is 0. The maximum atomic E-state index is 3.75. The normalized spacial score (nSPS) is 30.0. The number of halogens is 2. The van der Waals surface area contributed by atoms with E-state index in [0.29, 0.717) is 21.7 Å². The Kier molecular flexibility index (Phi) is 13.5. The van der Waals surface area contributed by atoms with Gasteiger partial charge in [-0.05, 0) is 47.3 Å². The summed E-state index contributed by atoms with van der Waals surface area (Å²) in [7, 11) is 0. The first-order valence-electron chi connectivity index (χ1n) is 14.2. The Labute approximate surface area is 263 Å². The molecule has 0 aromatic rings. The zero-order chi connectivity index (χ0) is 25.5. The standard InChI is InChI=1S/2C17H27.2ClH.Zr/c2*1-14-9-12-16(5,13-14)17(15(2,3)4)10-7-6-8-11-17;;;/h2*9,12H,6-8,10-11H2,1-5H3;2*1H;/q2*-1;;;+4/p-2. The second kappa shape index (κ2) is 13.4. The number of rotatable bonds is 2. The third kappa shape index (κ3) is 7.02. The molecule has 208 valence electrons. The summed E-state index contributed by atoms with van der Waals surface area (Å²) in [5.41, 5.74) is 4.43. The molecule has 2 unspecified atom stereocenters. The van der Waals surface area contributed by atoms with E-state index in [-0.39, 0.29) is 61.8 Å². The van der Waals surface area contributed by atoms with Gasteiger partial charge in [-0.25, -0.2) is 23.3 Å². The van der Waals surface area contributed by atoms with Gasteiger partial charge in [0.05, 0.1) is 0 Å². The summed E-state index contributed by atoms with van der Waals surface area (Å²) in [5, 5.41) is 0. The molecule has 0 N–H and O–H groups in total. The molecule has 0 heterocycles. The first-order chi connectivity index (χ1) is 15.6. The largest absolute Gasteiger partial charge is 4.00 e. The molecule has 37 heavy (non-hydrogen) atoms.